The van der Waals surface area contributed by atoms with Gasteiger partial charge in [-0.2, -0.15) is 5.10 Å². The maximum absolute atomic E-state index is 14.0. The Bertz CT molecular complexity index is 620. The molecule has 0 amide bonds. The van der Waals surface area contributed by atoms with Gasteiger partial charge in [0.1, 0.15) is 11.6 Å². The third kappa shape index (κ3) is 3.32. The predicted octanol–water partition coefficient (Wildman–Crippen LogP) is 3.66. The van der Waals surface area contributed by atoms with E-state index in [4.69, 9.17) is 0 Å². The second-order valence-electron chi connectivity index (χ2n) is 4.92. The number of aryl methyl sites for hydroxylation is 2. The third-order valence-electron chi connectivity index (χ3n) is 3.46. The fourth-order valence-electron chi connectivity index (χ4n) is 2.46. The van der Waals surface area contributed by atoms with Crippen molar-refractivity contribution in [3.05, 3.63) is 51.3 Å². The summed E-state index contributed by atoms with van der Waals surface area (Å²) in [5, 5.41) is 7.47. The first-order valence-electron chi connectivity index (χ1n) is 6.81. The molecular formula is C15H18BrF2N3. The molecule has 0 radical (unpaired) electrons. The van der Waals surface area contributed by atoms with Crippen LogP contribution in [0.4, 0.5) is 8.78 Å². The van der Waals surface area contributed by atoms with Crippen LogP contribution in [0.25, 0.3) is 0 Å². The van der Waals surface area contributed by atoms with Crippen molar-refractivity contribution in [2.75, 3.05) is 6.54 Å². The van der Waals surface area contributed by atoms with E-state index in [9.17, 15) is 8.78 Å². The highest BCUT2D eigenvalue weighted by molar-refractivity contribution is 9.10. The minimum absolute atomic E-state index is 0.0742. The van der Waals surface area contributed by atoms with Gasteiger partial charge in [0, 0.05) is 25.1 Å². The minimum atomic E-state index is -0.532. The zero-order valence-electron chi connectivity index (χ0n) is 12.3. The smallest absolute Gasteiger partial charge is 0.130 e. The van der Waals surface area contributed by atoms with E-state index in [1.165, 1.54) is 18.2 Å². The van der Waals surface area contributed by atoms with Gasteiger partial charge in [-0.25, -0.2) is 8.78 Å². The summed E-state index contributed by atoms with van der Waals surface area (Å²) in [5.41, 5.74) is 1.84. The highest BCUT2D eigenvalue weighted by atomic mass is 79.9. The van der Waals surface area contributed by atoms with E-state index >= 15 is 0 Å². The van der Waals surface area contributed by atoms with Crippen LogP contribution in [0.3, 0.4) is 0 Å². The number of hydrogen-bond acceptors (Lipinski definition) is 2. The van der Waals surface area contributed by atoms with Crippen LogP contribution in [-0.2, 0) is 13.5 Å². The average molecular weight is 358 g/mol. The minimum Gasteiger partial charge on any atom is -0.310 e. The molecule has 0 aliphatic carbocycles. The van der Waals surface area contributed by atoms with Gasteiger partial charge in [0.2, 0.25) is 0 Å². The average Bonchev–Trinajstić information content (AvgIpc) is 2.65. The molecule has 3 nitrogen and oxygen atoms in total. The van der Waals surface area contributed by atoms with Crippen molar-refractivity contribution >= 4 is 15.9 Å². The van der Waals surface area contributed by atoms with E-state index in [0.29, 0.717) is 13.0 Å². The van der Waals surface area contributed by atoms with Crippen LogP contribution in [0.2, 0.25) is 0 Å². The quantitative estimate of drug-likeness (QED) is 0.884. The standard InChI is InChI=1S/C15H18BrF2N3/c1-4-19-12(14-10(17)6-5-7-11(14)18)8-13-15(16)9(2)20-21(13)3/h5-7,12,19H,4,8H2,1-3H3. The Hall–Kier alpha value is -1.27. The Morgan fingerprint density at radius 2 is 1.95 bits per heavy atom. The number of likely N-dealkylation sites (N-methyl/N-ethyl adjacent to an activating group) is 1. The number of aromatic nitrogens is 2. The van der Waals surface area contributed by atoms with Gasteiger partial charge in [-0.1, -0.05) is 13.0 Å². The molecule has 0 saturated heterocycles. The molecule has 0 spiro atoms. The summed E-state index contributed by atoms with van der Waals surface area (Å²) >= 11 is 3.49. The van der Waals surface area contributed by atoms with Crippen LogP contribution in [0.15, 0.2) is 22.7 Å². The largest absolute Gasteiger partial charge is 0.310 e. The van der Waals surface area contributed by atoms with Crippen molar-refractivity contribution in [2.24, 2.45) is 7.05 Å². The molecule has 114 valence electrons. The van der Waals surface area contributed by atoms with Crippen LogP contribution < -0.4 is 5.32 Å². The SMILES string of the molecule is CCNC(Cc1c(Br)c(C)nn1C)c1c(F)cccc1F. The van der Waals surface area contributed by atoms with Crippen LogP contribution in [0.5, 0.6) is 0 Å². The molecule has 1 unspecified atom stereocenters. The van der Waals surface area contributed by atoms with E-state index in [1.54, 1.807) is 4.68 Å². The topological polar surface area (TPSA) is 29.9 Å². The van der Waals surface area contributed by atoms with E-state index in [0.717, 1.165) is 15.9 Å². The number of nitrogens with one attached hydrogen (secondary N) is 1. The van der Waals surface area contributed by atoms with Gasteiger partial charge in [-0.15, -0.1) is 0 Å². The third-order valence-corrected chi connectivity index (χ3v) is 4.49. The molecular weight excluding hydrogens is 340 g/mol. The Labute approximate surface area is 131 Å². The summed E-state index contributed by atoms with van der Waals surface area (Å²) in [6.45, 7) is 4.42. The van der Waals surface area contributed by atoms with Gasteiger partial charge in [-0.3, -0.25) is 4.68 Å². The summed E-state index contributed by atoms with van der Waals surface area (Å²) in [5.74, 6) is -1.06. The second kappa shape index (κ2) is 6.66. The van der Waals surface area contributed by atoms with Crippen LogP contribution in [-0.4, -0.2) is 16.3 Å². The number of rotatable bonds is 5. The normalized spacial score (nSPS) is 12.7. The fourth-order valence-corrected chi connectivity index (χ4v) is 2.96. The summed E-state index contributed by atoms with van der Waals surface area (Å²) < 4.78 is 30.7. The first-order chi connectivity index (χ1) is 9.95. The summed E-state index contributed by atoms with van der Waals surface area (Å²) in [6, 6.07) is 3.50. The molecule has 21 heavy (non-hydrogen) atoms. The second-order valence-corrected chi connectivity index (χ2v) is 5.71. The van der Waals surface area contributed by atoms with Crippen molar-refractivity contribution in [2.45, 2.75) is 26.3 Å². The molecule has 0 fully saturated rings. The van der Waals surface area contributed by atoms with Crippen molar-refractivity contribution in [3.8, 4) is 0 Å². The van der Waals surface area contributed by atoms with Gasteiger partial charge >= 0.3 is 0 Å². The number of halogens is 3. The molecule has 1 aromatic carbocycles. The molecule has 0 bridgehead atoms. The highest BCUT2D eigenvalue weighted by Crippen LogP contribution is 2.28. The Balaban J connectivity index is 2.40. The lowest BCUT2D eigenvalue weighted by Gasteiger charge is -2.20. The van der Waals surface area contributed by atoms with Crippen LogP contribution >= 0.6 is 15.9 Å². The van der Waals surface area contributed by atoms with Crippen molar-refractivity contribution in [3.63, 3.8) is 0 Å². The van der Waals surface area contributed by atoms with Crippen LogP contribution in [0, 0.1) is 18.6 Å². The summed E-state index contributed by atoms with van der Waals surface area (Å²) in [7, 11) is 1.83. The van der Waals surface area contributed by atoms with Crippen molar-refractivity contribution in [1.29, 1.82) is 0 Å². The van der Waals surface area contributed by atoms with E-state index in [2.05, 4.69) is 26.3 Å². The van der Waals surface area contributed by atoms with Crippen molar-refractivity contribution in [1.82, 2.24) is 15.1 Å². The lowest BCUT2D eigenvalue weighted by Crippen LogP contribution is -2.26. The first kappa shape index (κ1) is 16.1. The number of hydrogen-bond donors (Lipinski definition) is 1. The lowest BCUT2D eigenvalue weighted by atomic mass is 10.0. The van der Waals surface area contributed by atoms with Crippen LogP contribution in [0.1, 0.15) is 29.9 Å². The van der Waals surface area contributed by atoms with E-state index in [1.807, 2.05) is 20.9 Å². The highest BCUT2D eigenvalue weighted by Gasteiger charge is 2.23. The van der Waals surface area contributed by atoms with E-state index < -0.39 is 17.7 Å². The molecule has 0 aliphatic rings. The maximum Gasteiger partial charge on any atom is 0.130 e. The maximum atomic E-state index is 14.0. The Morgan fingerprint density at radius 1 is 1.33 bits per heavy atom. The number of benzene rings is 1. The molecule has 1 atom stereocenters. The van der Waals surface area contributed by atoms with Crippen molar-refractivity contribution < 1.29 is 8.78 Å². The molecule has 2 rings (SSSR count). The zero-order chi connectivity index (χ0) is 15.6. The molecule has 1 N–H and O–H groups in total. The zero-order valence-corrected chi connectivity index (χ0v) is 13.8. The monoisotopic (exact) mass is 357 g/mol. The van der Waals surface area contributed by atoms with E-state index in [-0.39, 0.29) is 5.56 Å². The molecule has 1 heterocycles. The van der Waals surface area contributed by atoms with Gasteiger partial charge in [0.05, 0.1) is 15.9 Å². The van der Waals surface area contributed by atoms with Gasteiger partial charge in [0.15, 0.2) is 0 Å². The van der Waals surface area contributed by atoms with Gasteiger partial charge in [-0.05, 0) is 41.5 Å². The van der Waals surface area contributed by atoms with Gasteiger partial charge in [0.25, 0.3) is 0 Å². The number of nitrogens with zero attached hydrogens (tertiary/aromatic N) is 2. The Morgan fingerprint density at radius 3 is 2.43 bits per heavy atom. The van der Waals surface area contributed by atoms with Gasteiger partial charge < -0.3 is 5.32 Å². The molecule has 0 aliphatic heterocycles. The predicted molar refractivity (Wildman–Crippen MR) is 82.1 cm³/mol. The summed E-state index contributed by atoms with van der Waals surface area (Å²) in [4.78, 5) is 0. The molecule has 0 saturated carbocycles. The molecule has 6 heteroatoms. The molecule has 1 aromatic heterocycles. The fraction of sp³-hybridized carbons (Fsp3) is 0.400. The molecule has 2 aromatic rings. The Kier molecular flexibility index (Phi) is 5.11. The summed E-state index contributed by atoms with van der Waals surface area (Å²) in [6.07, 6.45) is 0.448. The lowest BCUT2D eigenvalue weighted by molar-refractivity contribution is 0.464. The first-order valence-corrected chi connectivity index (χ1v) is 7.60.